The number of aliphatic hydroxyl groups is 1. The number of morpholine rings is 1. The van der Waals surface area contributed by atoms with Gasteiger partial charge in [0.15, 0.2) is 0 Å². The van der Waals surface area contributed by atoms with Crippen molar-refractivity contribution in [2.75, 3.05) is 32.1 Å². The monoisotopic (exact) mass is 228 g/mol. The second kappa shape index (κ2) is 4.45. The van der Waals surface area contributed by atoms with Gasteiger partial charge in [0.1, 0.15) is 0 Å². The molecule has 8 nitrogen and oxygen atoms in total. The molecule has 1 fully saturated rings. The fraction of sp³-hybridized carbons (Fsp3) is 0.625. The van der Waals surface area contributed by atoms with Gasteiger partial charge in [-0.1, -0.05) is 0 Å². The minimum Gasteiger partial charge on any atom is -0.394 e. The molecular weight excluding hydrogens is 216 g/mol. The Morgan fingerprint density at radius 3 is 3.06 bits per heavy atom. The second-order valence-corrected chi connectivity index (χ2v) is 3.41. The summed E-state index contributed by atoms with van der Waals surface area (Å²) in [6, 6.07) is -0.377. The van der Waals surface area contributed by atoms with Crippen LogP contribution in [-0.4, -0.2) is 58.6 Å². The first kappa shape index (κ1) is 10.8. The summed E-state index contributed by atoms with van der Waals surface area (Å²) < 4.78 is 9.52. The van der Waals surface area contributed by atoms with E-state index in [9.17, 15) is 4.79 Å². The normalized spacial score (nSPS) is 21.1. The van der Waals surface area contributed by atoms with Gasteiger partial charge in [0.2, 0.25) is 11.5 Å². The van der Waals surface area contributed by atoms with E-state index in [1.807, 2.05) is 0 Å². The molecule has 2 rings (SSSR count). The molecule has 1 saturated heterocycles. The molecule has 1 amide bonds. The lowest BCUT2D eigenvalue weighted by Crippen LogP contribution is -2.50. The largest absolute Gasteiger partial charge is 0.394 e. The molecule has 2 heterocycles. The molecule has 0 radical (unpaired) electrons. The molecule has 1 aliphatic heterocycles. The number of nitrogens with two attached hydrogens (primary N) is 1. The van der Waals surface area contributed by atoms with E-state index in [-0.39, 0.29) is 24.2 Å². The maximum atomic E-state index is 12.0. The van der Waals surface area contributed by atoms with Gasteiger partial charge in [0, 0.05) is 6.54 Å². The van der Waals surface area contributed by atoms with Gasteiger partial charge in [-0.05, 0) is 10.3 Å². The third-order valence-corrected chi connectivity index (χ3v) is 2.42. The van der Waals surface area contributed by atoms with Gasteiger partial charge in [-0.25, -0.2) is 4.63 Å². The zero-order valence-electron chi connectivity index (χ0n) is 8.50. The first-order valence-corrected chi connectivity index (χ1v) is 4.81. The number of hydrogen-bond acceptors (Lipinski definition) is 7. The van der Waals surface area contributed by atoms with Crippen LogP contribution in [0.5, 0.6) is 0 Å². The maximum absolute atomic E-state index is 12.0. The van der Waals surface area contributed by atoms with Gasteiger partial charge >= 0.3 is 0 Å². The molecule has 8 heteroatoms. The van der Waals surface area contributed by atoms with Crippen LogP contribution >= 0.6 is 0 Å². The van der Waals surface area contributed by atoms with E-state index >= 15 is 0 Å². The number of rotatable bonds is 2. The molecule has 16 heavy (non-hydrogen) atoms. The highest BCUT2D eigenvalue weighted by Gasteiger charge is 2.30. The van der Waals surface area contributed by atoms with E-state index in [0.29, 0.717) is 19.8 Å². The summed E-state index contributed by atoms with van der Waals surface area (Å²) >= 11 is 0. The lowest BCUT2D eigenvalue weighted by molar-refractivity contribution is -0.0187. The van der Waals surface area contributed by atoms with Crippen LogP contribution in [0.1, 0.15) is 10.5 Å². The predicted molar refractivity (Wildman–Crippen MR) is 51.4 cm³/mol. The lowest BCUT2D eigenvalue weighted by atomic mass is 10.2. The number of anilines is 1. The Balaban J connectivity index is 2.17. The number of carbonyl (C=O) groups excluding carboxylic acids is 1. The minimum absolute atomic E-state index is 0.0275. The van der Waals surface area contributed by atoms with Crippen molar-refractivity contribution in [3.63, 3.8) is 0 Å². The van der Waals surface area contributed by atoms with Crippen LogP contribution in [0, 0.1) is 0 Å². The van der Waals surface area contributed by atoms with Crippen LogP contribution < -0.4 is 5.73 Å². The zero-order valence-corrected chi connectivity index (χ0v) is 8.50. The average molecular weight is 228 g/mol. The topological polar surface area (TPSA) is 115 Å². The molecule has 1 aromatic rings. The Morgan fingerprint density at radius 2 is 2.44 bits per heavy atom. The average Bonchev–Trinajstić information content (AvgIpc) is 2.74. The number of aromatic nitrogens is 2. The molecular formula is C8H12N4O4. The second-order valence-electron chi connectivity index (χ2n) is 3.41. The molecule has 1 aliphatic rings. The number of nitrogens with zero attached hydrogens (tertiary/aromatic N) is 3. The molecule has 0 saturated carbocycles. The van der Waals surface area contributed by atoms with Gasteiger partial charge in [-0.2, -0.15) is 0 Å². The number of carbonyl (C=O) groups is 1. The summed E-state index contributed by atoms with van der Waals surface area (Å²) in [6.45, 7) is 0.939. The maximum Gasteiger partial charge on any atom is 0.280 e. The third-order valence-electron chi connectivity index (χ3n) is 2.42. The van der Waals surface area contributed by atoms with Crippen molar-refractivity contribution in [1.29, 1.82) is 0 Å². The van der Waals surface area contributed by atoms with Gasteiger partial charge in [-0.15, -0.1) is 0 Å². The third kappa shape index (κ3) is 1.84. The first-order valence-electron chi connectivity index (χ1n) is 4.81. The minimum atomic E-state index is -0.402. The summed E-state index contributed by atoms with van der Waals surface area (Å²) in [4.78, 5) is 13.4. The van der Waals surface area contributed by atoms with Crippen molar-refractivity contribution in [3.05, 3.63) is 5.69 Å². The van der Waals surface area contributed by atoms with E-state index in [1.165, 1.54) is 4.90 Å². The highest BCUT2D eigenvalue weighted by molar-refractivity contribution is 5.96. The van der Waals surface area contributed by atoms with Crippen molar-refractivity contribution < 1.29 is 19.3 Å². The summed E-state index contributed by atoms with van der Waals surface area (Å²) in [5.74, 6) is -0.450. The molecule has 1 atom stereocenters. The molecule has 1 aromatic heterocycles. The Labute approximate surface area is 90.9 Å². The predicted octanol–water partition coefficient (Wildman–Crippen LogP) is -1.51. The Morgan fingerprint density at radius 1 is 1.62 bits per heavy atom. The van der Waals surface area contributed by atoms with Crippen molar-refractivity contribution in [3.8, 4) is 0 Å². The van der Waals surface area contributed by atoms with E-state index in [0.717, 1.165) is 0 Å². The van der Waals surface area contributed by atoms with Gasteiger partial charge in [0.05, 0.1) is 25.9 Å². The molecule has 0 aliphatic carbocycles. The van der Waals surface area contributed by atoms with Crippen molar-refractivity contribution in [2.45, 2.75) is 6.04 Å². The van der Waals surface area contributed by atoms with Crippen LogP contribution in [0.25, 0.3) is 0 Å². The number of amides is 1. The Bertz CT molecular complexity index is 380. The molecule has 0 bridgehead atoms. The van der Waals surface area contributed by atoms with Crippen LogP contribution in [-0.2, 0) is 4.74 Å². The first-order chi connectivity index (χ1) is 7.74. The lowest BCUT2D eigenvalue weighted by Gasteiger charge is -2.33. The zero-order chi connectivity index (χ0) is 11.5. The standard InChI is InChI=1S/C8H12N4O4/c9-7-6(10-16-11-7)8(14)12-1-2-15-4-5(12)3-13/h5,13H,1-4H2,(H2,9,11). The van der Waals surface area contributed by atoms with Crippen LogP contribution in [0.4, 0.5) is 5.82 Å². The van der Waals surface area contributed by atoms with E-state index in [2.05, 4.69) is 14.9 Å². The highest BCUT2D eigenvalue weighted by Crippen LogP contribution is 2.14. The molecule has 3 N–H and O–H groups in total. The van der Waals surface area contributed by atoms with E-state index in [1.54, 1.807) is 0 Å². The Kier molecular flexibility index (Phi) is 3.02. The smallest absolute Gasteiger partial charge is 0.280 e. The summed E-state index contributed by atoms with van der Waals surface area (Å²) in [5.41, 5.74) is 5.40. The number of ether oxygens (including phenoxy) is 1. The van der Waals surface area contributed by atoms with Crippen LogP contribution in [0.15, 0.2) is 4.63 Å². The molecule has 88 valence electrons. The molecule has 0 aromatic carbocycles. The van der Waals surface area contributed by atoms with Gasteiger partial charge in [-0.3, -0.25) is 4.79 Å². The summed E-state index contributed by atoms with van der Waals surface area (Å²) in [7, 11) is 0. The van der Waals surface area contributed by atoms with Crippen LogP contribution in [0.3, 0.4) is 0 Å². The summed E-state index contributed by atoms with van der Waals surface area (Å²) in [6.07, 6.45) is 0. The molecule has 0 spiro atoms. The highest BCUT2D eigenvalue weighted by atomic mass is 16.6. The number of hydrogen-bond donors (Lipinski definition) is 2. The number of aliphatic hydroxyl groups excluding tert-OH is 1. The number of nitrogen functional groups attached to an aromatic ring is 1. The summed E-state index contributed by atoms with van der Waals surface area (Å²) in [5, 5.41) is 15.9. The van der Waals surface area contributed by atoms with E-state index in [4.69, 9.17) is 15.6 Å². The molecule has 1 unspecified atom stereocenters. The van der Waals surface area contributed by atoms with Crippen molar-refractivity contribution >= 4 is 11.7 Å². The van der Waals surface area contributed by atoms with Crippen molar-refractivity contribution in [2.24, 2.45) is 0 Å². The van der Waals surface area contributed by atoms with Crippen molar-refractivity contribution in [1.82, 2.24) is 15.2 Å². The van der Waals surface area contributed by atoms with Gasteiger partial charge in [0.25, 0.3) is 5.91 Å². The Hall–Kier alpha value is -1.67. The van der Waals surface area contributed by atoms with E-state index < -0.39 is 5.91 Å². The van der Waals surface area contributed by atoms with Gasteiger partial charge < -0.3 is 20.5 Å². The fourth-order valence-corrected chi connectivity index (χ4v) is 1.55. The SMILES string of the molecule is Nc1nonc1C(=O)N1CCOCC1CO. The quantitative estimate of drug-likeness (QED) is 0.632. The fourth-order valence-electron chi connectivity index (χ4n) is 1.55. The van der Waals surface area contributed by atoms with Crippen LogP contribution in [0.2, 0.25) is 0 Å².